The van der Waals surface area contributed by atoms with E-state index < -0.39 is 0 Å². The highest BCUT2D eigenvalue weighted by Gasteiger charge is 2.47. The lowest BCUT2D eigenvalue weighted by Crippen LogP contribution is -2.31. The van der Waals surface area contributed by atoms with E-state index in [2.05, 4.69) is 105 Å². The van der Waals surface area contributed by atoms with Gasteiger partial charge in [-0.2, -0.15) is 0 Å². The second-order valence-corrected chi connectivity index (χ2v) is 7.97. The third kappa shape index (κ3) is 2.29. The second-order valence-electron chi connectivity index (χ2n) is 7.97. The van der Waals surface area contributed by atoms with E-state index >= 15 is 0 Å². The molecule has 3 aromatic rings. The van der Waals surface area contributed by atoms with Gasteiger partial charge in [0.1, 0.15) is 0 Å². The fourth-order valence-electron chi connectivity index (χ4n) is 5.05. The minimum absolute atomic E-state index is 0.195. The molecule has 0 radical (unpaired) electrons. The minimum atomic E-state index is -0.195. The van der Waals surface area contributed by atoms with Crippen molar-refractivity contribution >= 4 is 0 Å². The maximum Gasteiger partial charge on any atom is 0.0676 e. The number of aryl methyl sites for hydroxylation is 1. The summed E-state index contributed by atoms with van der Waals surface area (Å²) in [7, 11) is 0. The van der Waals surface area contributed by atoms with Gasteiger partial charge in [0.15, 0.2) is 0 Å². The summed E-state index contributed by atoms with van der Waals surface area (Å²) in [5.41, 5.74) is 9.60. The van der Waals surface area contributed by atoms with Crippen molar-refractivity contribution in [3.8, 4) is 11.1 Å². The third-order valence-corrected chi connectivity index (χ3v) is 6.17. The van der Waals surface area contributed by atoms with Gasteiger partial charge in [0.25, 0.3) is 0 Å². The van der Waals surface area contributed by atoms with Gasteiger partial charge in [-0.15, -0.1) is 0 Å². The molecule has 3 aromatic carbocycles. The van der Waals surface area contributed by atoms with Crippen molar-refractivity contribution in [2.75, 3.05) is 0 Å². The Hall–Kier alpha value is -2.86. The van der Waals surface area contributed by atoms with Gasteiger partial charge in [0, 0.05) is 0 Å². The van der Waals surface area contributed by atoms with E-state index in [0.717, 1.165) is 6.42 Å². The van der Waals surface area contributed by atoms with Crippen molar-refractivity contribution in [1.29, 1.82) is 0 Å². The van der Waals surface area contributed by atoms with E-state index in [1.165, 1.54) is 39.0 Å². The summed E-state index contributed by atoms with van der Waals surface area (Å²) in [4.78, 5) is 0. The number of hydrogen-bond donors (Lipinski definition) is 0. The van der Waals surface area contributed by atoms with Crippen molar-refractivity contribution in [2.45, 2.75) is 25.7 Å². The van der Waals surface area contributed by atoms with Gasteiger partial charge < -0.3 is 0 Å². The van der Waals surface area contributed by atoms with E-state index in [4.69, 9.17) is 0 Å². The molecule has 2 aliphatic carbocycles. The molecule has 0 saturated heterocycles. The Balaban J connectivity index is 1.92. The van der Waals surface area contributed by atoms with Crippen LogP contribution in [-0.2, 0) is 5.41 Å². The Labute approximate surface area is 161 Å². The molecule has 0 aliphatic heterocycles. The van der Waals surface area contributed by atoms with E-state index in [9.17, 15) is 0 Å². The second kappa shape index (κ2) is 6.09. The highest BCUT2D eigenvalue weighted by molar-refractivity contribution is 5.86. The Kier molecular flexibility index (Phi) is 3.68. The van der Waals surface area contributed by atoms with Crippen LogP contribution in [0.15, 0.2) is 96.6 Å². The molecule has 0 heterocycles. The topological polar surface area (TPSA) is 0 Å². The number of benzene rings is 3. The molecule has 2 aliphatic rings. The van der Waals surface area contributed by atoms with Gasteiger partial charge in [-0.3, -0.25) is 0 Å². The molecule has 5 rings (SSSR count). The monoisotopic (exact) mass is 348 g/mol. The van der Waals surface area contributed by atoms with Crippen LogP contribution in [0, 0.1) is 12.8 Å². The molecule has 0 bridgehead atoms. The summed E-state index contributed by atoms with van der Waals surface area (Å²) in [5, 5.41) is 0. The van der Waals surface area contributed by atoms with E-state index in [1.807, 2.05) is 0 Å². The van der Waals surface area contributed by atoms with E-state index in [-0.39, 0.29) is 5.41 Å². The molecule has 0 aromatic heterocycles. The zero-order valence-electron chi connectivity index (χ0n) is 15.9. The van der Waals surface area contributed by atoms with Crippen molar-refractivity contribution in [2.24, 2.45) is 5.92 Å². The lowest BCUT2D eigenvalue weighted by atomic mass is 9.64. The van der Waals surface area contributed by atoms with Gasteiger partial charge in [-0.05, 0) is 47.1 Å². The highest BCUT2D eigenvalue weighted by Crippen LogP contribution is 2.57. The molecule has 27 heavy (non-hydrogen) atoms. The summed E-state index contributed by atoms with van der Waals surface area (Å²) in [6.45, 7) is 4.51. The molecular formula is C27H24. The zero-order valence-corrected chi connectivity index (χ0v) is 15.9. The fourth-order valence-corrected chi connectivity index (χ4v) is 5.05. The maximum atomic E-state index is 2.36. The Bertz CT molecular complexity index is 1070. The molecule has 0 spiro atoms. The van der Waals surface area contributed by atoms with Gasteiger partial charge in [0.2, 0.25) is 0 Å². The smallest absolute Gasteiger partial charge is 0.0676 e. The molecule has 0 nitrogen and oxygen atoms in total. The van der Waals surface area contributed by atoms with E-state index in [1.54, 1.807) is 0 Å². The molecule has 0 saturated carbocycles. The highest BCUT2D eigenvalue weighted by atomic mass is 14.5. The predicted molar refractivity (Wildman–Crippen MR) is 114 cm³/mol. The van der Waals surface area contributed by atoms with E-state index in [0.29, 0.717) is 5.92 Å². The van der Waals surface area contributed by atoms with Crippen molar-refractivity contribution in [3.63, 3.8) is 0 Å². The van der Waals surface area contributed by atoms with Gasteiger partial charge in [-0.25, -0.2) is 0 Å². The van der Waals surface area contributed by atoms with Gasteiger partial charge >= 0.3 is 0 Å². The Morgan fingerprint density at radius 2 is 1.56 bits per heavy atom. The molecule has 2 atom stereocenters. The van der Waals surface area contributed by atoms with Crippen molar-refractivity contribution < 1.29 is 0 Å². The van der Waals surface area contributed by atoms with Gasteiger partial charge in [0.05, 0.1) is 5.41 Å². The quantitative estimate of drug-likeness (QED) is 0.476. The van der Waals surface area contributed by atoms with Crippen LogP contribution in [0.2, 0.25) is 0 Å². The van der Waals surface area contributed by atoms with Crippen LogP contribution in [-0.4, -0.2) is 0 Å². The lowest BCUT2D eigenvalue weighted by molar-refractivity contribution is 0.615. The van der Waals surface area contributed by atoms with Crippen LogP contribution in [0.1, 0.15) is 35.6 Å². The molecule has 0 N–H and O–H groups in total. The fraction of sp³-hybridized carbons (Fsp3) is 0.185. The Morgan fingerprint density at radius 3 is 2.37 bits per heavy atom. The van der Waals surface area contributed by atoms with Crippen LogP contribution >= 0.6 is 0 Å². The summed E-state index contributed by atoms with van der Waals surface area (Å²) in [6, 6.07) is 27.1. The first kappa shape index (κ1) is 16.3. The van der Waals surface area contributed by atoms with Crippen LogP contribution in [0.25, 0.3) is 11.1 Å². The molecule has 0 fully saturated rings. The predicted octanol–water partition coefficient (Wildman–Crippen LogP) is 6.83. The zero-order chi connectivity index (χ0) is 18.4. The first-order valence-electron chi connectivity index (χ1n) is 9.85. The van der Waals surface area contributed by atoms with Crippen molar-refractivity contribution in [3.05, 3.63) is 119 Å². The lowest BCUT2D eigenvalue weighted by Gasteiger charge is -2.37. The summed E-state index contributed by atoms with van der Waals surface area (Å²) < 4.78 is 0. The van der Waals surface area contributed by atoms with Gasteiger partial charge in [-0.1, -0.05) is 109 Å². The maximum absolute atomic E-state index is 2.36. The average molecular weight is 348 g/mol. The first-order valence-corrected chi connectivity index (χ1v) is 9.85. The SMILES string of the molecule is Cc1ccc2c(c1)-c1ccccc1C2(C1=CC=CC(C)C1)c1ccccc1. The standard InChI is InChI=1S/C27H24/c1-19-9-8-12-22(17-19)27(21-10-4-3-5-11-21)25-14-7-6-13-23(25)24-18-20(2)15-16-26(24)27/h3-16,18-19H,17H2,1-2H3. The number of rotatable bonds is 2. The minimum Gasteiger partial charge on any atom is -0.0814 e. The average Bonchev–Trinajstić information content (AvgIpc) is 2.99. The van der Waals surface area contributed by atoms with Crippen LogP contribution in [0.5, 0.6) is 0 Å². The molecule has 132 valence electrons. The number of hydrogen-bond acceptors (Lipinski definition) is 0. The number of fused-ring (bicyclic) bond motifs is 3. The largest absolute Gasteiger partial charge is 0.0814 e. The summed E-state index contributed by atoms with van der Waals surface area (Å²) in [6.07, 6.45) is 8.02. The third-order valence-electron chi connectivity index (χ3n) is 6.17. The summed E-state index contributed by atoms with van der Waals surface area (Å²) >= 11 is 0. The molecule has 0 heteroatoms. The number of allylic oxidation sites excluding steroid dienone is 4. The molecule has 0 amide bonds. The van der Waals surface area contributed by atoms with Crippen LogP contribution in [0.3, 0.4) is 0 Å². The Morgan fingerprint density at radius 1 is 0.815 bits per heavy atom. The van der Waals surface area contributed by atoms with Crippen molar-refractivity contribution in [1.82, 2.24) is 0 Å². The first-order chi connectivity index (χ1) is 13.2. The molecule has 2 unspecified atom stereocenters. The van der Waals surface area contributed by atoms with Crippen LogP contribution < -0.4 is 0 Å². The molecular weight excluding hydrogens is 324 g/mol. The normalized spacial score (nSPS) is 22.9. The summed E-state index contributed by atoms with van der Waals surface area (Å²) in [5.74, 6) is 0.562. The van der Waals surface area contributed by atoms with Crippen LogP contribution in [0.4, 0.5) is 0 Å².